The normalized spacial score (nSPS) is 19.2. The second-order valence-corrected chi connectivity index (χ2v) is 9.06. The van der Waals surface area contributed by atoms with Crippen molar-refractivity contribution in [3.63, 3.8) is 0 Å². The van der Waals surface area contributed by atoms with Crippen LogP contribution in [-0.4, -0.2) is 71.2 Å². The molecule has 2 atom stereocenters. The summed E-state index contributed by atoms with van der Waals surface area (Å²) in [7, 11) is 3.23. The molecule has 0 radical (unpaired) electrons. The highest BCUT2D eigenvalue weighted by Gasteiger charge is 2.51. The number of ketones is 1. The molecule has 1 aromatic carbocycles. The van der Waals surface area contributed by atoms with Crippen LogP contribution in [0, 0.1) is 17.7 Å². The number of carbonyl (C=O) groups excluding carboxylic acids is 4. The van der Waals surface area contributed by atoms with Crippen molar-refractivity contribution >= 4 is 35.1 Å². The molecule has 8 nitrogen and oxygen atoms in total. The Bertz CT molecular complexity index is 887. The molecule has 0 spiro atoms. The summed E-state index contributed by atoms with van der Waals surface area (Å²) in [4.78, 5) is 52.6. The molecule has 1 aliphatic heterocycles. The van der Waals surface area contributed by atoms with Crippen LogP contribution in [0.25, 0.3) is 0 Å². The monoisotopic (exact) mass is 469 g/mol. The number of halogens is 2. The lowest BCUT2D eigenvalue weighted by Crippen LogP contribution is -2.52. The van der Waals surface area contributed by atoms with Crippen LogP contribution < -0.4 is 5.32 Å². The van der Waals surface area contributed by atoms with Crippen LogP contribution in [0.5, 0.6) is 0 Å². The van der Waals surface area contributed by atoms with E-state index in [0.29, 0.717) is 5.56 Å². The van der Waals surface area contributed by atoms with Gasteiger partial charge in [0, 0.05) is 51.0 Å². The Hall–Kier alpha value is -2.52. The number of Topliss-reactive ketones (excluding diaryl/α,β-unsaturated/α-hetero) is 1. The van der Waals surface area contributed by atoms with E-state index in [9.17, 15) is 28.7 Å². The molecule has 1 aliphatic rings. The molecule has 1 heterocycles. The number of benzene rings is 1. The van der Waals surface area contributed by atoms with Crippen LogP contribution in [0.4, 0.5) is 4.39 Å². The topological polar surface area (TPSA) is 107 Å². The van der Waals surface area contributed by atoms with Crippen LogP contribution in [0.2, 0.25) is 5.02 Å². The lowest BCUT2D eigenvalue weighted by Gasteiger charge is -2.25. The van der Waals surface area contributed by atoms with Gasteiger partial charge in [-0.05, 0) is 29.7 Å². The summed E-state index contributed by atoms with van der Waals surface area (Å²) in [6.07, 6.45) is -0.220. The van der Waals surface area contributed by atoms with Gasteiger partial charge in [-0.1, -0.05) is 25.4 Å². The molecule has 1 saturated heterocycles. The molecule has 0 unspecified atom stereocenters. The number of amides is 3. The number of rotatable bonds is 9. The SMILES string of the molecule is CC(C)[C@@H](CC(=O)CN1CC[C@](O)(C(=O)NCc2cc(F)cc(Cl)c2)C1=O)C(=O)N(C)C. The molecule has 0 bridgehead atoms. The minimum Gasteiger partial charge on any atom is -0.372 e. The van der Waals surface area contributed by atoms with Gasteiger partial charge in [0.2, 0.25) is 11.5 Å². The van der Waals surface area contributed by atoms with Crippen molar-refractivity contribution in [1.82, 2.24) is 15.1 Å². The molecule has 0 aliphatic carbocycles. The highest BCUT2D eigenvalue weighted by atomic mass is 35.5. The van der Waals surface area contributed by atoms with Crippen LogP contribution in [0.3, 0.4) is 0 Å². The molecule has 32 heavy (non-hydrogen) atoms. The third kappa shape index (κ3) is 6.04. The summed E-state index contributed by atoms with van der Waals surface area (Å²) in [6, 6.07) is 3.75. The van der Waals surface area contributed by atoms with Crippen molar-refractivity contribution in [2.45, 2.75) is 38.8 Å². The number of carbonyl (C=O) groups is 4. The lowest BCUT2D eigenvalue weighted by atomic mass is 9.89. The summed E-state index contributed by atoms with van der Waals surface area (Å²) in [6.45, 7) is 3.28. The number of likely N-dealkylation sites (tertiary alicyclic amines) is 1. The van der Waals surface area contributed by atoms with Crippen molar-refractivity contribution in [1.29, 1.82) is 0 Å². The van der Waals surface area contributed by atoms with E-state index in [2.05, 4.69) is 5.32 Å². The predicted octanol–water partition coefficient (Wildman–Crippen LogP) is 1.38. The largest absolute Gasteiger partial charge is 0.372 e. The maximum atomic E-state index is 13.4. The minimum absolute atomic E-state index is 0.0221. The quantitative estimate of drug-likeness (QED) is 0.531. The number of hydrogen-bond donors (Lipinski definition) is 2. The number of nitrogens with one attached hydrogen (secondary N) is 1. The van der Waals surface area contributed by atoms with Gasteiger partial charge in [0.05, 0.1) is 6.54 Å². The summed E-state index contributed by atoms with van der Waals surface area (Å²) in [5, 5.41) is 13.2. The zero-order valence-corrected chi connectivity index (χ0v) is 19.4. The first kappa shape index (κ1) is 25.7. The van der Waals surface area contributed by atoms with E-state index in [1.165, 1.54) is 17.0 Å². The van der Waals surface area contributed by atoms with Gasteiger partial charge < -0.3 is 20.2 Å². The maximum Gasteiger partial charge on any atom is 0.264 e. The van der Waals surface area contributed by atoms with Gasteiger partial charge in [-0.3, -0.25) is 19.2 Å². The second-order valence-electron chi connectivity index (χ2n) is 8.62. The second kappa shape index (κ2) is 10.4. The Kier molecular flexibility index (Phi) is 8.36. The molecular formula is C22H29ClFN3O5. The van der Waals surface area contributed by atoms with Crippen LogP contribution >= 0.6 is 11.6 Å². The van der Waals surface area contributed by atoms with E-state index in [4.69, 9.17) is 11.6 Å². The predicted molar refractivity (Wildman–Crippen MR) is 116 cm³/mol. The van der Waals surface area contributed by atoms with Crippen molar-refractivity contribution in [3.05, 3.63) is 34.6 Å². The lowest BCUT2D eigenvalue weighted by molar-refractivity contribution is -0.155. The van der Waals surface area contributed by atoms with Crippen molar-refractivity contribution < 1.29 is 28.7 Å². The summed E-state index contributed by atoms with van der Waals surface area (Å²) in [5.41, 5.74) is -1.94. The van der Waals surface area contributed by atoms with Gasteiger partial charge in [-0.25, -0.2) is 4.39 Å². The first-order chi connectivity index (χ1) is 14.8. The fourth-order valence-electron chi connectivity index (χ4n) is 3.63. The molecule has 1 aromatic rings. The van der Waals surface area contributed by atoms with Gasteiger partial charge >= 0.3 is 0 Å². The third-order valence-electron chi connectivity index (χ3n) is 5.51. The molecular weight excluding hydrogens is 441 g/mol. The van der Waals surface area contributed by atoms with Crippen molar-refractivity contribution in [3.8, 4) is 0 Å². The van der Waals surface area contributed by atoms with E-state index in [1.54, 1.807) is 14.1 Å². The van der Waals surface area contributed by atoms with Gasteiger partial charge in [0.25, 0.3) is 11.8 Å². The Labute approximate surface area is 191 Å². The van der Waals surface area contributed by atoms with Crippen LogP contribution in [0.15, 0.2) is 18.2 Å². The highest BCUT2D eigenvalue weighted by Crippen LogP contribution is 2.25. The number of hydrogen-bond acceptors (Lipinski definition) is 5. The highest BCUT2D eigenvalue weighted by molar-refractivity contribution is 6.30. The molecule has 3 amide bonds. The third-order valence-corrected chi connectivity index (χ3v) is 5.73. The fourth-order valence-corrected chi connectivity index (χ4v) is 3.88. The van der Waals surface area contributed by atoms with Crippen molar-refractivity contribution in [2.75, 3.05) is 27.2 Å². The van der Waals surface area contributed by atoms with E-state index in [-0.39, 0.29) is 55.1 Å². The Morgan fingerprint density at radius 1 is 1.28 bits per heavy atom. The maximum absolute atomic E-state index is 13.4. The Balaban J connectivity index is 1.98. The molecule has 0 saturated carbocycles. The average molecular weight is 470 g/mol. The summed E-state index contributed by atoms with van der Waals surface area (Å²) >= 11 is 5.78. The van der Waals surface area contributed by atoms with E-state index >= 15 is 0 Å². The summed E-state index contributed by atoms with van der Waals surface area (Å²) in [5.74, 6) is -3.46. The molecule has 176 valence electrons. The Morgan fingerprint density at radius 3 is 2.50 bits per heavy atom. The van der Waals surface area contributed by atoms with E-state index in [1.807, 2.05) is 13.8 Å². The number of nitrogens with zero attached hydrogens (tertiary/aromatic N) is 2. The zero-order chi connectivity index (χ0) is 24.2. The smallest absolute Gasteiger partial charge is 0.264 e. The van der Waals surface area contributed by atoms with Crippen LogP contribution in [0.1, 0.15) is 32.3 Å². The molecule has 2 rings (SSSR count). The van der Waals surface area contributed by atoms with E-state index < -0.39 is 29.2 Å². The summed E-state index contributed by atoms with van der Waals surface area (Å²) < 4.78 is 13.4. The average Bonchev–Trinajstić information content (AvgIpc) is 2.98. The molecule has 0 aromatic heterocycles. The molecule has 10 heteroatoms. The fraction of sp³-hybridized carbons (Fsp3) is 0.545. The van der Waals surface area contributed by atoms with Gasteiger partial charge in [-0.2, -0.15) is 0 Å². The molecule has 1 fully saturated rings. The Morgan fingerprint density at radius 2 is 1.94 bits per heavy atom. The van der Waals surface area contributed by atoms with Gasteiger partial charge in [0.15, 0.2) is 5.78 Å². The minimum atomic E-state index is -2.31. The first-order valence-corrected chi connectivity index (χ1v) is 10.7. The van der Waals surface area contributed by atoms with E-state index in [0.717, 1.165) is 11.0 Å². The zero-order valence-electron chi connectivity index (χ0n) is 18.7. The van der Waals surface area contributed by atoms with Gasteiger partial charge in [-0.15, -0.1) is 0 Å². The first-order valence-electron chi connectivity index (χ1n) is 10.3. The number of aliphatic hydroxyl groups is 1. The standard InChI is InChI=1S/C22H29ClFN3O5/c1-13(2)18(19(29)26(3)4)10-17(28)12-27-6-5-22(32,21(27)31)20(30)25-11-14-7-15(23)9-16(24)8-14/h7-9,13,18,32H,5-6,10-12H2,1-4H3,(H,25,30)/t18-,22+/m1/s1. The molecule has 2 N–H and O–H groups in total. The van der Waals surface area contributed by atoms with Crippen molar-refractivity contribution in [2.24, 2.45) is 11.8 Å². The van der Waals surface area contributed by atoms with Gasteiger partial charge in [0.1, 0.15) is 5.82 Å². The van der Waals surface area contributed by atoms with Crippen LogP contribution in [-0.2, 0) is 25.7 Å².